The summed E-state index contributed by atoms with van der Waals surface area (Å²) >= 11 is 0. The molecule has 0 aromatic rings. The molecule has 0 atom stereocenters. The van der Waals surface area contributed by atoms with Crippen LogP contribution in [0, 0.1) is 0 Å². The molecule has 0 N–H and O–H groups in total. The third kappa shape index (κ3) is 4.26. The quantitative estimate of drug-likeness (QED) is 0.556. The lowest BCUT2D eigenvalue weighted by Gasteiger charge is -1.94. The summed E-state index contributed by atoms with van der Waals surface area (Å²) in [6, 6.07) is 0. The number of hydrogen-bond acceptors (Lipinski definition) is 3. The molecule has 0 unspecified atom stereocenters. The first-order valence-corrected chi connectivity index (χ1v) is 4.75. The topological polar surface area (TPSA) is 51.2 Å². The van der Waals surface area contributed by atoms with E-state index in [-0.39, 0.29) is 5.57 Å². The van der Waals surface area contributed by atoms with Gasteiger partial charge in [-0.3, -0.25) is 4.79 Å². The van der Waals surface area contributed by atoms with Crippen LogP contribution in [-0.2, 0) is 14.6 Å². The van der Waals surface area contributed by atoms with Crippen molar-refractivity contribution in [2.75, 3.05) is 12.0 Å². The van der Waals surface area contributed by atoms with Crippen LogP contribution < -0.4 is 0 Å². The van der Waals surface area contributed by atoms with E-state index in [2.05, 4.69) is 6.58 Å². The van der Waals surface area contributed by atoms with Gasteiger partial charge in [-0.05, 0) is 12.5 Å². The van der Waals surface area contributed by atoms with Crippen LogP contribution in [0.25, 0.3) is 0 Å². The minimum absolute atomic E-state index is 0.283. The Bertz CT molecular complexity index is 248. The molecule has 0 saturated carbocycles. The zero-order chi connectivity index (χ0) is 8.36. The number of Topliss-reactive ketones (excluding diaryl/α,β-unsaturated/α-hetero) is 1. The van der Waals surface area contributed by atoms with Crippen LogP contribution in [0.5, 0.6) is 0 Å². The number of rotatable bonds is 3. The first-order valence-electron chi connectivity index (χ1n) is 2.69. The van der Waals surface area contributed by atoms with Crippen LogP contribution in [0.2, 0.25) is 0 Å². The summed E-state index contributed by atoms with van der Waals surface area (Å²) in [5.74, 6) is -0.843. The van der Waals surface area contributed by atoms with Crippen LogP contribution in [0.4, 0.5) is 0 Å². The van der Waals surface area contributed by atoms with Gasteiger partial charge in [0.2, 0.25) is 0 Å². The van der Waals surface area contributed by atoms with E-state index in [9.17, 15) is 13.2 Å². The molecule has 0 aromatic carbocycles. The molecule has 0 bridgehead atoms. The SMILES string of the molecule is C=C(C)C(=O)CS(C)(=O)=O. The summed E-state index contributed by atoms with van der Waals surface area (Å²) in [5, 5.41) is 0. The fraction of sp³-hybridized carbons (Fsp3) is 0.500. The molecule has 0 aliphatic carbocycles. The van der Waals surface area contributed by atoms with Gasteiger partial charge in [0.1, 0.15) is 5.75 Å². The second kappa shape index (κ2) is 2.96. The average Bonchev–Trinajstić information content (AvgIpc) is 1.60. The van der Waals surface area contributed by atoms with Crippen molar-refractivity contribution in [3.05, 3.63) is 12.2 Å². The van der Waals surface area contributed by atoms with E-state index in [1.165, 1.54) is 6.92 Å². The lowest BCUT2D eigenvalue weighted by Crippen LogP contribution is -2.14. The summed E-state index contributed by atoms with van der Waals surface area (Å²) in [4.78, 5) is 10.7. The third-order valence-corrected chi connectivity index (χ3v) is 1.66. The molecule has 4 heteroatoms. The van der Waals surface area contributed by atoms with Gasteiger partial charge in [0.05, 0.1) is 0 Å². The monoisotopic (exact) mass is 162 g/mol. The van der Waals surface area contributed by atoms with Crippen LogP contribution in [-0.4, -0.2) is 26.2 Å². The van der Waals surface area contributed by atoms with Gasteiger partial charge in [-0.2, -0.15) is 0 Å². The van der Waals surface area contributed by atoms with Gasteiger partial charge in [-0.25, -0.2) is 8.42 Å². The smallest absolute Gasteiger partial charge is 0.172 e. The Morgan fingerprint density at radius 1 is 1.50 bits per heavy atom. The summed E-state index contributed by atoms with van der Waals surface area (Å²) in [6.45, 7) is 4.82. The van der Waals surface area contributed by atoms with Crippen molar-refractivity contribution in [2.45, 2.75) is 6.92 Å². The highest BCUT2D eigenvalue weighted by Gasteiger charge is 2.10. The number of carbonyl (C=O) groups excluding carboxylic acids is 1. The molecule has 0 spiro atoms. The fourth-order valence-electron chi connectivity index (χ4n) is 0.361. The standard InChI is InChI=1S/C6H10O3S/c1-5(2)6(7)4-10(3,8)9/h1,4H2,2-3H3. The number of ketones is 1. The lowest BCUT2D eigenvalue weighted by atomic mass is 10.2. The summed E-state index contributed by atoms with van der Waals surface area (Å²) in [7, 11) is -3.18. The second-order valence-electron chi connectivity index (χ2n) is 2.27. The molecule has 0 heterocycles. The molecule has 3 nitrogen and oxygen atoms in total. The fourth-order valence-corrected chi connectivity index (χ4v) is 1.08. The van der Waals surface area contributed by atoms with Gasteiger partial charge >= 0.3 is 0 Å². The first-order chi connectivity index (χ1) is 4.33. The molecule has 0 aliphatic rings. The van der Waals surface area contributed by atoms with Crippen molar-refractivity contribution < 1.29 is 13.2 Å². The lowest BCUT2D eigenvalue weighted by molar-refractivity contribution is -0.113. The molecule has 0 fully saturated rings. The first kappa shape index (κ1) is 9.36. The van der Waals surface area contributed by atoms with Crippen LogP contribution >= 0.6 is 0 Å². The summed E-state index contributed by atoms with van der Waals surface area (Å²) in [6.07, 6.45) is 1.02. The second-order valence-corrected chi connectivity index (χ2v) is 4.41. The maximum absolute atomic E-state index is 10.7. The Labute approximate surface area is 60.7 Å². The number of carbonyl (C=O) groups is 1. The Balaban J connectivity index is 4.21. The molecule has 58 valence electrons. The van der Waals surface area contributed by atoms with Gasteiger partial charge in [0.15, 0.2) is 15.6 Å². The highest BCUT2D eigenvalue weighted by Crippen LogP contribution is 1.93. The van der Waals surface area contributed by atoms with Crippen molar-refractivity contribution >= 4 is 15.6 Å². The van der Waals surface area contributed by atoms with E-state index in [1.54, 1.807) is 0 Å². The van der Waals surface area contributed by atoms with Gasteiger partial charge in [-0.15, -0.1) is 0 Å². The highest BCUT2D eigenvalue weighted by molar-refractivity contribution is 7.91. The molecule has 0 amide bonds. The normalized spacial score (nSPS) is 11.0. The van der Waals surface area contributed by atoms with Crippen LogP contribution in [0.15, 0.2) is 12.2 Å². The van der Waals surface area contributed by atoms with E-state index in [4.69, 9.17) is 0 Å². The Morgan fingerprint density at radius 2 is 1.90 bits per heavy atom. The van der Waals surface area contributed by atoms with E-state index < -0.39 is 21.4 Å². The van der Waals surface area contributed by atoms with Crippen molar-refractivity contribution in [3.8, 4) is 0 Å². The minimum atomic E-state index is -3.18. The van der Waals surface area contributed by atoms with Gasteiger partial charge in [0, 0.05) is 6.26 Å². The molecule has 10 heavy (non-hydrogen) atoms. The third-order valence-electron chi connectivity index (χ3n) is 0.869. The number of sulfone groups is 1. The van der Waals surface area contributed by atoms with Crippen LogP contribution in [0.1, 0.15) is 6.92 Å². The van der Waals surface area contributed by atoms with E-state index >= 15 is 0 Å². The van der Waals surface area contributed by atoms with Gasteiger partial charge in [0.25, 0.3) is 0 Å². The summed E-state index contributed by atoms with van der Waals surface area (Å²) < 4.78 is 21.0. The maximum Gasteiger partial charge on any atom is 0.172 e. The zero-order valence-corrected chi connectivity index (χ0v) is 6.86. The Hall–Kier alpha value is -0.640. The van der Waals surface area contributed by atoms with Crippen molar-refractivity contribution in [2.24, 2.45) is 0 Å². The Morgan fingerprint density at radius 3 is 2.00 bits per heavy atom. The minimum Gasteiger partial charge on any atom is -0.293 e. The van der Waals surface area contributed by atoms with Crippen molar-refractivity contribution in [3.63, 3.8) is 0 Å². The predicted octanol–water partition coefficient (Wildman–Crippen LogP) is 0.176. The molecule has 0 saturated heterocycles. The van der Waals surface area contributed by atoms with Crippen molar-refractivity contribution in [1.29, 1.82) is 0 Å². The molecular weight excluding hydrogens is 152 g/mol. The van der Waals surface area contributed by atoms with Gasteiger partial charge in [-0.1, -0.05) is 6.58 Å². The molecule has 0 rings (SSSR count). The number of hydrogen-bond donors (Lipinski definition) is 0. The average molecular weight is 162 g/mol. The molecule has 0 radical (unpaired) electrons. The molecular formula is C6H10O3S. The summed E-state index contributed by atoms with van der Waals surface area (Å²) in [5.41, 5.74) is 0.283. The van der Waals surface area contributed by atoms with E-state index in [0.29, 0.717) is 0 Å². The molecule has 0 aliphatic heterocycles. The largest absolute Gasteiger partial charge is 0.293 e. The highest BCUT2D eigenvalue weighted by atomic mass is 32.2. The Kier molecular flexibility index (Phi) is 2.77. The van der Waals surface area contributed by atoms with Crippen molar-refractivity contribution in [1.82, 2.24) is 0 Å². The molecule has 0 aromatic heterocycles. The number of allylic oxidation sites excluding steroid dienone is 1. The maximum atomic E-state index is 10.7. The van der Waals surface area contributed by atoms with E-state index in [1.807, 2.05) is 0 Å². The van der Waals surface area contributed by atoms with Crippen LogP contribution in [0.3, 0.4) is 0 Å². The van der Waals surface area contributed by atoms with E-state index in [0.717, 1.165) is 6.26 Å². The van der Waals surface area contributed by atoms with Gasteiger partial charge < -0.3 is 0 Å². The predicted molar refractivity (Wildman–Crippen MR) is 39.5 cm³/mol. The zero-order valence-electron chi connectivity index (χ0n) is 6.05.